The van der Waals surface area contributed by atoms with Crippen molar-refractivity contribution in [3.63, 3.8) is 0 Å². The zero-order valence-corrected chi connectivity index (χ0v) is 12.2. The van der Waals surface area contributed by atoms with Crippen LogP contribution in [0.3, 0.4) is 0 Å². The van der Waals surface area contributed by atoms with Gasteiger partial charge in [0.15, 0.2) is 11.4 Å². The highest BCUT2D eigenvalue weighted by molar-refractivity contribution is 5.91. The standard InChI is InChI=1S/C16H16N4O2/c1-10-7-15-17-9-11-8-12(4-5-13(11)20(15)19-10)18-16(21)14-3-2-6-22-14/h2-3,6-7,9,12H,4-5,8H2,1H3,(H,18,21). The van der Waals surface area contributed by atoms with Crippen LogP contribution in [-0.4, -0.2) is 26.5 Å². The van der Waals surface area contributed by atoms with E-state index in [4.69, 9.17) is 4.42 Å². The Morgan fingerprint density at radius 1 is 1.50 bits per heavy atom. The maximum atomic E-state index is 12.1. The van der Waals surface area contributed by atoms with Gasteiger partial charge in [-0.15, -0.1) is 0 Å². The first-order chi connectivity index (χ1) is 10.7. The Hall–Kier alpha value is -2.63. The van der Waals surface area contributed by atoms with E-state index in [-0.39, 0.29) is 11.9 Å². The molecule has 3 aromatic heterocycles. The van der Waals surface area contributed by atoms with E-state index in [1.165, 1.54) is 12.0 Å². The lowest BCUT2D eigenvalue weighted by Crippen LogP contribution is -2.39. The van der Waals surface area contributed by atoms with Gasteiger partial charge in [-0.1, -0.05) is 0 Å². The maximum absolute atomic E-state index is 12.1. The largest absolute Gasteiger partial charge is 0.459 e. The first-order valence-electron chi connectivity index (χ1n) is 7.38. The molecule has 6 heteroatoms. The van der Waals surface area contributed by atoms with Crippen LogP contribution in [0.25, 0.3) is 5.65 Å². The molecule has 0 aromatic carbocycles. The lowest BCUT2D eigenvalue weighted by molar-refractivity contribution is 0.0905. The molecule has 1 N–H and O–H groups in total. The van der Waals surface area contributed by atoms with Crippen LogP contribution in [0.2, 0.25) is 0 Å². The fourth-order valence-electron chi connectivity index (χ4n) is 3.03. The second-order valence-electron chi connectivity index (χ2n) is 5.68. The van der Waals surface area contributed by atoms with Gasteiger partial charge in [0.25, 0.3) is 5.91 Å². The Kier molecular flexibility index (Phi) is 2.96. The van der Waals surface area contributed by atoms with E-state index < -0.39 is 0 Å². The molecule has 1 atom stereocenters. The van der Waals surface area contributed by atoms with Crippen molar-refractivity contribution in [2.24, 2.45) is 0 Å². The molecule has 0 aliphatic heterocycles. The fourth-order valence-corrected chi connectivity index (χ4v) is 3.03. The topological polar surface area (TPSA) is 72.4 Å². The van der Waals surface area contributed by atoms with Crippen molar-refractivity contribution in [3.8, 4) is 0 Å². The molecule has 0 radical (unpaired) electrons. The van der Waals surface area contributed by atoms with Crippen LogP contribution in [0.5, 0.6) is 0 Å². The summed E-state index contributed by atoms with van der Waals surface area (Å²) in [5.74, 6) is 0.185. The van der Waals surface area contributed by atoms with Crippen molar-refractivity contribution in [2.45, 2.75) is 32.2 Å². The minimum atomic E-state index is -0.164. The predicted octanol–water partition coefficient (Wildman–Crippen LogP) is 1.92. The number of nitrogens with one attached hydrogen (secondary N) is 1. The van der Waals surface area contributed by atoms with Crippen LogP contribution in [0.1, 0.15) is 33.9 Å². The van der Waals surface area contributed by atoms with Gasteiger partial charge in [0.2, 0.25) is 0 Å². The molecule has 3 heterocycles. The third kappa shape index (κ3) is 2.16. The summed E-state index contributed by atoms with van der Waals surface area (Å²) in [6.07, 6.45) is 5.93. The molecule has 0 saturated carbocycles. The zero-order chi connectivity index (χ0) is 15.1. The highest BCUT2D eigenvalue weighted by Crippen LogP contribution is 2.22. The number of aromatic nitrogens is 3. The van der Waals surface area contributed by atoms with Crippen molar-refractivity contribution in [2.75, 3.05) is 0 Å². The molecule has 1 amide bonds. The summed E-state index contributed by atoms with van der Waals surface area (Å²) in [5, 5.41) is 7.53. The minimum absolute atomic E-state index is 0.0982. The molecule has 0 fully saturated rings. The molecule has 4 rings (SSSR count). The van der Waals surface area contributed by atoms with E-state index in [2.05, 4.69) is 15.4 Å². The van der Waals surface area contributed by atoms with E-state index in [9.17, 15) is 4.79 Å². The van der Waals surface area contributed by atoms with Crippen LogP contribution < -0.4 is 5.32 Å². The van der Waals surface area contributed by atoms with E-state index in [0.717, 1.165) is 36.2 Å². The maximum Gasteiger partial charge on any atom is 0.287 e. The first kappa shape index (κ1) is 13.1. The normalized spacial score (nSPS) is 17.4. The molecule has 112 valence electrons. The molecular formula is C16H16N4O2. The van der Waals surface area contributed by atoms with E-state index in [0.29, 0.717) is 5.76 Å². The van der Waals surface area contributed by atoms with Gasteiger partial charge >= 0.3 is 0 Å². The highest BCUT2D eigenvalue weighted by atomic mass is 16.3. The Morgan fingerprint density at radius 2 is 2.41 bits per heavy atom. The molecule has 6 nitrogen and oxygen atoms in total. The Labute approximate surface area is 127 Å². The van der Waals surface area contributed by atoms with Crippen molar-refractivity contribution < 1.29 is 9.21 Å². The third-order valence-electron chi connectivity index (χ3n) is 4.07. The lowest BCUT2D eigenvalue weighted by atomic mass is 9.92. The average molecular weight is 296 g/mol. The number of aryl methyl sites for hydroxylation is 2. The minimum Gasteiger partial charge on any atom is -0.459 e. The quantitative estimate of drug-likeness (QED) is 0.784. The molecule has 1 aliphatic rings. The van der Waals surface area contributed by atoms with Gasteiger partial charge in [0.05, 0.1) is 12.0 Å². The second-order valence-corrected chi connectivity index (χ2v) is 5.68. The number of rotatable bonds is 2. The smallest absolute Gasteiger partial charge is 0.287 e. The number of amides is 1. The highest BCUT2D eigenvalue weighted by Gasteiger charge is 2.24. The average Bonchev–Trinajstić information content (AvgIpc) is 3.15. The monoisotopic (exact) mass is 296 g/mol. The molecule has 0 saturated heterocycles. The number of fused-ring (bicyclic) bond motifs is 3. The predicted molar refractivity (Wildman–Crippen MR) is 79.7 cm³/mol. The number of hydrogen-bond donors (Lipinski definition) is 1. The number of carbonyl (C=O) groups excluding carboxylic acids is 1. The van der Waals surface area contributed by atoms with Gasteiger partial charge < -0.3 is 9.73 Å². The number of furan rings is 1. The number of carbonyl (C=O) groups is 1. The van der Waals surface area contributed by atoms with Gasteiger partial charge in [-0.2, -0.15) is 5.10 Å². The molecule has 3 aromatic rings. The Morgan fingerprint density at radius 3 is 3.23 bits per heavy atom. The summed E-state index contributed by atoms with van der Waals surface area (Å²) >= 11 is 0. The summed E-state index contributed by atoms with van der Waals surface area (Å²) in [4.78, 5) is 16.5. The number of hydrogen-bond acceptors (Lipinski definition) is 4. The van der Waals surface area contributed by atoms with Crippen LogP contribution in [0.15, 0.2) is 35.1 Å². The van der Waals surface area contributed by atoms with Gasteiger partial charge in [0, 0.05) is 24.0 Å². The van der Waals surface area contributed by atoms with Crippen LogP contribution in [-0.2, 0) is 12.8 Å². The van der Waals surface area contributed by atoms with E-state index in [1.807, 2.05) is 23.7 Å². The Bertz CT molecular complexity index is 835. The van der Waals surface area contributed by atoms with Crippen molar-refractivity contribution in [1.82, 2.24) is 19.9 Å². The van der Waals surface area contributed by atoms with Crippen LogP contribution >= 0.6 is 0 Å². The fraction of sp³-hybridized carbons (Fsp3) is 0.312. The lowest BCUT2D eigenvalue weighted by Gasteiger charge is -2.25. The third-order valence-corrected chi connectivity index (χ3v) is 4.07. The summed E-state index contributed by atoms with van der Waals surface area (Å²) in [6, 6.07) is 5.46. The molecule has 1 unspecified atom stereocenters. The van der Waals surface area contributed by atoms with Gasteiger partial charge in [-0.05, 0) is 43.9 Å². The molecule has 22 heavy (non-hydrogen) atoms. The summed E-state index contributed by atoms with van der Waals surface area (Å²) < 4.78 is 7.05. The van der Waals surface area contributed by atoms with Crippen molar-refractivity contribution >= 4 is 11.6 Å². The van der Waals surface area contributed by atoms with E-state index >= 15 is 0 Å². The second kappa shape index (κ2) is 4.98. The van der Waals surface area contributed by atoms with Gasteiger partial charge in [-0.25, -0.2) is 9.50 Å². The SMILES string of the molecule is Cc1cc2ncc3c(n2n1)CCC(NC(=O)c1ccco1)C3. The van der Waals surface area contributed by atoms with Crippen molar-refractivity contribution in [1.29, 1.82) is 0 Å². The van der Waals surface area contributed by atoms with Gasteiger partial charge in [-0.3, -0.25) is 4.79 Å². The van der Waals surface area contributed by atoms with Crippen LogP contribution in [0, 0.1) is 6.92 Å². The van der Waals surface area contributed by atoms with Crippen LogP contribution in [0.4, 0.5) is 0 Å². The zero-order valence-electron chi connectivity index (χ0n) is 12.2. The number of nitrogens with zero attached hydrogens (tertiary/aromatic N) is 3. The summed E-state index contributed by atoms with van der Waals surface area (Å²) in [6.45, 7) is 1.97. The molecule has 0 bridgehead atoms. The molecular weight excluding hydrogens is 280 g/mol. The van der Waals surface area contributed by atoms with E-state index in [1.54, 1.807) is 12.1 Å². The summed E-state index contributed by atoms with van der Waals surface area (Å²) in [5.41, 5.74) is 4.19. The van der Waals surface area contributed by atoms with Crippen molar-refractivity contribution in [3.05, 3.63) is 53.4 Å². The molecule has 0 spiro atoms. The summed E-state index contributed by atoms with van der Waals surface area (Å²) in [7, 11) is 0. The molecule has 1 aliphatic carbocycles. The Balaban J connectivity index is 1.57. The first-order valence-corrected chi connectivity index (χ1v) is 7.38. The van der Waals surface area contributed by atoms with Gasteiger partial charge in [0.1, 0.15) is 0 Å².